The normalized spacial score (nSPS) is 11.1. The number of fused-ring (bicyclic) bond motifs is 1. The van der Waals surface area contributed by atoms with Gasteiger partial charge in [0.1, 0.15) is 11.3 Å². The van der Waals surface area contributed by atoms with Gasteiger partial charge in [0.05, 0.1) is 7.11 Å². The Labute approximate surface area is 153 Å². The number of hydrogen-bond acceptors (Lipinski definition) is 4. The molecule has 4 nitrogen and oxygen atoms in total. The van der Waals surface area contributed by atoms with Crippen molar-refractivity contribution in [3.05, 3.63) is 74.6 Å². The van der Waals surface area contributed by atoms with Crippen molar-refractivity contribution in [3.8, 4) is 5.75 Å². The fourth-order valence-corrected chi connectivity index (χ4v) is 3.22. The molecule has 2 aromatic carbocycles. The Morgan fingerprint density at radius 3 is 2.62 bits per heavy atom. The summed E-state index contributed by atoms with van der Waals surface area (Å²) < 4.78 is 10.9. The lowest BCUT2D eigenvalue weighted by Gasteiger charge is -2.12. The second-order valence-corrected chi connectivity index (χ2v) is 6.72. The molecule has 0 atom stereocenters. The second kappa shape index (κ2) is 7.75. The van der Waals surface area contributed by atoms with Crippen LogP contribution in [0.15, 0.2) is 45.6 Å². The van der Waals surface area contributed by atoms with E-state index in [4.69, 9.17) is 9.15 Å². The standard InChI is InChI=1S/C22H25NO3/c1-14-5-8-20(25-4)17(11-14)9-10-23-13-18-12-21(24)26-22-16(3)15(2)6-7-19(18)22/h5-8,11-12,23H,9-10,13H2,1-4H3. The van der Waals surface area contributed by atoms with E-state index in [9.17, 15) is 4.79 Å². The van der Waals surface area contributed by atoms with Crippen molar-refractivity contribution < 1.29 is 9.15 Å². The summed E-state index contributed by atoms with van der Waals surface area (Å²) in [5.41, 5.74) is 5.90. The van der Waals surface area contributed by atoms with Crippen LogP contribution in [0.5, 0.6) is 5.75 Å². The molecule has 3 rings (SSSR count). The van der Waals surface area contributed by atoms with Gasteiger partial charge in [-0.15, -0.1) is 0 Å². The van der Waals surface area contributed by atoms with E-state index in [0.29, 0.717) is 12.1 Å². The number of nitrogens with one attached hydrogen (secondary N) is 1. The third-order valence-corrected chi connectivity index (χ3v) is 4.84. The molecule has 0 amide bonds. The summed E-state index contributed by atoms with van der Waals surface area (Å²) in [6, 6.07) is 11.9. The largest absolute Gasteiger partial charge is 0.496 e. The van der Waals surface area contributed by atoms with Gasteiger partial charge >= 0.3 is 5.63 Å². The molecule has 0 spiro atoms. The summed E-state index contributed by atoms with van der Waals surface area (Å²) in [5.74, 6) is 0.911. The van der Waals surface area contributed by atoms with E-state index in [1.165, 1.54) is 11.1 Å². The molecule has 0 aliphatic heterocycles. The molecular formula is C22H25NO3. The predicted molar refractivity (Wildman–Crippen MR) is 105 cm³/mol. The SMILES string of the molecule is COc1ccc(C)cc1CCNCc1cc(=O)oc2c(C)c(C)ccc12. The molecule has 0 radical (unpaired) electrons. The van der Waals surface area contributed by atoms with Gasteiger partial charge in [-0.1, -0.05) is 29.8 Å². The van der Waals surface area contributed by atoms with Crippen LogP contribution in [-0.4, -0.2) is 13.7 Å². The summed E-state index contributed by atoms with van der Waals surface area (Å²) in [5, 5.41) is 4.43. The van der Waals surface area contributed by atoms with Gasteiger partial charge in [0.2, 0.25) is 0 Å². The van der Waals surface area contributed by atoms with Gasteiger partial charge in [0.25, 0.3) is 0 Å². The minimum absolute atomic E-state index is 0.302. The van der Waals surface area contributed by atoms with E-state index in [1.807, 2.05) is 26.0 Å². The number of aryl methyl sites for hydroxylation is 3. The highest BCUT2D eigenvalue weighted by atomic mass is 16.5. The van der Waals surface area contributed by atoms with Crippen LogP contribution in [0.1, 0.15) is 27.8 Å². The maximum Gasteiger partial charge on any atom is 0.336 e. The van der Waals surface area contributed by atoms with Crippen LogP contribution in [0.2, 0.25) is 0 Å². The molecule has 0 bridgehead atoms. The highest BCUT2D eigenvalue weighted by molar-refractivity contribution is 5.83. The Morgan fingerprint density at radius 2 is 1.85 bits per heavy atom. The topological polar surface area (TPSA) is 51.5 Å². The smallest absolute Gasteiger partial charge is 0.336 e. The van der Waals surface area contributed by atoms with E-state index < -0.39 is 0 Å². The van der Waals surface area contributed by atoms with Crippen molar-refractivity contribution in [1.29, 1.82) is 0 Å². The highest BCUT2D eigenvalue weighted by Gasteiger charge is 2.09. The summed E-state index contributed by atoms with van der Waals surface area (Å²) in [6.07, 6.45) is 0.863. The maximum atomic E-state index is 11.9. The quantitative estimate of drug-likeness (QED) is 0.537. The molecule has 26 heavy (non-hydrogen) atoms. The van der Waals surface area contributed by atoms with E-state index >= 15 is 0 Å². The highest BCUT2D eigenvalue weighted by Crippen LogP contribution is 2.23. The van der Waals surface area contributed by atoms with Crippen LogP contribution in [0.3, 0.4) is 0 Å². The Kier molecular flexibility index (Phi) is 5.43. The van der Waals surface area contributed by atoms with Gasteiger partial charge < -0.3 is 14.5 Å². The minimum atomic E-state index is -0.302. The fraction of sp³-hybridized carbons (Fsp3) is 0.318. The second-order valence-electron chi connectivity index (χ2n) is 6.72. The molecule has 3 aromatic rings. The van der Waals surface area contributed by atoms with E-state index in [0.717, 1.165) is 40.8 Å². The molecule has 0 saturated heterocycles. The van der Waals surface area contributed by atoms with Crippen LogP contribution in [0, 0.1) is 20.8 Å². The monoisotopic (exact) mass is 351 g/mol. The summed E-state index contributed by atoms with van der Waals surface area (Å²) in [6.45, 7) is 7.51. The lowest BCUT2D eigenvalue weighted by atomic mass is 10.0. The third kappa shape index (κ3) is 3.81. The molecular weight excluding hydrogens is 326 g/mol. The third-order valence-electron chi connectivity index (χ3n) is 4.84. The van der Waals surface area contributed by atoms with Crippen molar-refractivity contribution in [1.82, 2.24) is 5.32 Å². The number of benzene rings is 2. The predicted octanol–water partition coefficient (Wildman–Crippen LogP) is 4.06. The van der Waals surface area contributed by atoms with Crippen LogP contribution in [0.25, 0.3) is 11.0 Å². The summed E-state index contributed by atoms with van der Waals surface area (Å²) in [4.78, 5) is 11.9. The molecule has 1 aromatic heterocycles. The van der Waals surface area contributed by atoms with Gasteiger partial charge in [-0.25, -0.2) is 4.79 Å². The zero-order chi connectivity index (χ0) is 18.7. The molecule has 4 heteroatoms. The molecule has 1 N–H and O–H groups in total. The van der Waals surface area contributed by atoms with Crippen LogP contribution >= 0.6 is 0 Å². The maximum absolute atomic E-state index is 11.9. The van der Waals surface area contributed by atoms with Crippen LogP contribution in [0.4, 0.5) is 0 Å². The molecule has 136 valence electrons. The lowest BCUT2D eigenvalue weighted by molar-refractivity contribution is 0.409. The van der Waals surface area contributed by atoms with Crippen LogP contribution < -0.4 is 15.7 Å². The number of ether oxygens (including phenoxy) is 1. The van der Waals surface area contributed by atoms with E-state index in [2.05, 4.69) is 30.4 Å². The first-order valence-electron chi connectivity index (χ1n) is 8.87. The Morgan fingerprint density at radius 1 is 1.04 bits per heavy atom. The lowest BCUT2D eigenvalue weighted by Crippen LogP contribution is -2.18. The van der Waals surface area contributed by atoms with Crippen molar-refractivity contribution >= 4 is 11.0 Å². The molecule has 0 aliphatic rings. The summed E-state index contributed by atoms with van der Waals surface area (Å²) >= 11 is 0. The van der Waals surface area contributed by atoms with Gasteiger partial charge in [-0.3, -0.25) is 0 Å². The van der Waals surface area contributed by atoms with Crippen molar-refractivity contribution in [3.63, 3.8) is 0 Å². The number of hydrogen-bond donors (Lipinski definition) is 1. The average molecular weight is 351 g/mol. The zero-order valence-corrected chi connectivity index (χ0v) is 15.8. The molecule has 0 saturated carbocycles. The number of methoxy groups -OCH3 is 1. The molecule has 0 unspecified atom stereocenters. The van der Waals surface area contributed by atoms with Gasteiger partial charge in [0.15, 0.2) is 0 Å². The first-order chi connectivity index (χ1) is 12.5. The summed E-state index contributed by atoms with van der Waals surface area (Å²) in [7, 11) is 1.70. The first-order valence-corrected chi connectivity index (χ1v) is 8.87. The van der Waals surface area contributed by atoms with Gasteiger partial charge in [-0.2, -0.15) is 0 Å². The zero-order valence-electron chi connectivity index (χ0n) is 15.8. The Hall–Kier alpha value is -2.59. The first kappa shape index (κ1) is 18.2. The van der Waals surface area contributed by atoms with Crippen molar-refractivity contribution in [2.75, 3.05) is 13.7 Å². The fourth-order valence-electron chi connectivity index (χ4n) is 3.22. The van der Waals surface area contributed by atoms with Crippen LogP contribution in [-0.2, 0) is 13.0 Å². The Balaban J connectivity index is 1.74. The average Bonchev–Trinajstić information content (AvgIpc) is 2.62. The number of rotatable bonds is 6. The minimum Gasteiger partial charge on any atom is -0.496 e. The van der Waals surface area contributed by atoms with E-state index in [-0.39, 0.29) is 5.63 Å². The molecule has 0 fully saturated rings. The Bertz CT molecular complexity index is 989. The van der Waals surface area contributed by atoms with Gasteiger partial charge in [0, 0.05) is 18.0 Å². The molecule has 1 heterocycles. The van der Waals surface area contributed by atoms with Crippen molar-refractivity contribution in [2.24, 2.45) is 0 Å². The van der Waals surface area contributed by atoms with Crippen molar-refractivity contribution in [2.45, 2.75) is 33.7 Å². The molecule has 0 aliphatic carbocycles. The van der Waals surface area contributed by atoms with Gasteiger partial charge in [-0.05, 0) is 62.1 Å². The van der Waals surface area contributed by atoms with E-state index in [1.54, 1.807) is 13.2 Å².